The Morgan fingerprint density at radius 3 is 2.45 bits per heavy atom. The van der Waals surface area contributed by atoms with Crippen LogP contribution in [-0.4, -0.2) is 41.5 Å². The fraction of sp³-hybridized carbons (Fsp3) is 0.533. The minimum atomic E-state index is -0.784. The number of hydrogen-bond donors (Lipinski definition) is 3. The van der Waals surface area contributed by atoms with Crippen molar-refractivity contribution < 1.29 is 19.7 Å². The van der Waals surface area contributed by atoms with Gasteiger partial charge in [0, 0.05) is 6.54 Å². The summed E-state index contributed by atoms with van der Waals surface area (Å²) in [6.07, 6.45) is 0. The second-order valence-corrected chi connectivity index (χ2v) is 5.25. The largest absolute Gasteiger partial charge is 0.461 e. The number of rotatable bonds is 8. The van der Waals surface area contributed by atoms with Crippen molar-refractivity contribution in [2.45, 2.75) is 26.0 Å². The van der Waals surface area contributed by atoms with Crippen LogP contribution in [0.5, 0.6) is 0 Å². The molecule has 112 valence electrons. The normalized spacial score (nSPS) is 13.0. The summed E-state index contributed by atoms with van der Waals surface area (Å²) in [4.78, 5) is 11.8. The lowest BCUT2D eigenvalue weighted by Crippen LogP contribution is -2.51. The first-order valence-corrected chi connectivity index (χ1v) is 6.68. The topological polar surface area (TPSA) is 78.8 Å². The molecule has 0 radical (unpaired) electrons. The molecule has 0 spiro atoms. The Morgan fingerprint density at radius 2 is 1.90 bits per heavy atom. The molecule has 0 bridgehead atoms. The maximum Gasteiger partial charge on any atom is 0.310 e. The highest BCUT2D eigenvalue weighted by Gasteiger charge is 2.24. The first-order valence-electron chi connectivity index (χ1n) is 6.68. The fourth-order valence-corrected chi connectivity index (χ4v) is 1.52. The van der Waals surface area contributed by atoms with Crippen LogP contribution in [0, 0.1) is 5.92 Å². The molecule has 1 rings (SSSR count). The van der Waals surface area contributed by atoms with Crippen LogP contribution in [0.4, 0.5) is 0 Å². The molecule has 0 saturated carbocycles. The molecule has 0 amide bonds. The van der Waals surface area contributed by atoms with Gasteiger partial charge in [0.1, 0.15) is 6.61 Å². The van der Waals surface area contributed by atoms with E-state index < -0.39 is 5.54 Å². The first-order chi connectivity index (χ1) is 9.50. The second kappa shape index (κ2) is 7.99. The van der Waals surface area contributed by atoms with Crippen molar-refractivity contribution in [3.8, 4) is 0 Å². The fourth-order valence-electron chi connectivity index (χ4n) is 1.52. The maximum absolute atomic E-state index is 11.8. The molecule has 0 aliphatic carbocycles. The van der Waals surface area contributed by atoms with Crippen LogP contribution in [-0.2, 0) is 16.1 Å². The summed E-state index contributed by atoms with van der Waals surface area (Å²) in [7, 11) is 0. The minimum absolute atomic E-state index is 0.199. The van der Waals surface area contributed by atoms with Gasteiger partial charge in [-0.3, -0.25) is 4.79 Å². The number of benzene rings is 1. The number of esters is 1. The molecule has 20 heavy (non-hydrogen) atoms. The Labute approximate surface area is 119 Å². The predicted octanol–water partition coefficient (Wildman–Crippen LogP) is 0.699. The van der Waals surface area contributed by atoms with Gasteiger partial charge < -0.3 is 20.3 Å². The molecular weight excluding hydrogens is 258 g/mol. The highest BCUT2D eigenvalue weighted by Crippen LogP contribution is 2.07. The molecule has 5 heteroatoms. The Hall–Kier alpha value is -1.43. The zero-order valence-corrected chi connectivity index (χ0v) is 12.0. The molecule has 3 N–H and O–H groups in total. The smallest absolute Gasteiger partial charge is 0.310 e. The van der Waals surface area contributed by atoms with Gasteiger partial charge in [-0.15, -0.1) is 0 Å². The molecule has 1 atom stereocenters. The zero-order chi connectivity index (χ0) is 15.0. The number of aliphatic hydroxyl groups excluding tert-OH is 2. The van der Waals surface area contributed by atoms with E-state index in [4.69, 9.17) is 14.9 Å². The Bertz CT molecular complexity index is 404. The summed E-state index contributed by atoms with van der Waals surface area (Å²) in [5.41, 5.74) is 0.158. The SMILES string of the molecule is CC(CNC(C)(CO)CO)C(=O)OCc1ccccc1. The zero-order valence-electron chi connectivity index (χ0n) is 12.0. The van der Waals surface area contributed by atoms with Crippen molar-refractivity contribution in [1.29, 1.82) is 0 Å². The van der Waals surface area contributed by atoms with Crippen LogP contribution in [0.25, 0.3) is 0 Å². The van der Waals surface area contributed by atoms with Crippen molar-refractivity contribution in [2.24, 2.45) is 5.92 Å². The third-order valence-corrected chi connectivity index (χ3v) is 3.16. The summed E-state index contributed by atoms with van der Waals surface area (Å²) in [5.74, 6) is -0.657. The number of carbonyl (C=O) groups is 1. The van der Waals surface area contributed by atoms with Gasteiger partial charge in [0.2, 0.25) is 0 Å². The lowest BCUT2D eigenvalue weighted by Gasteiger charge is -2.27. The van der Waals surface area contributed by atoms with Gasteiger partial charge in [-0.1, -0.05) is 37.3 Å². The molecule has 0 aromatic heterocycles. The Kier molecular flexibility index (Phi) is 6.64. The third kappa shape index (κ3) is 5.28. The molecule has 1 aromatic rings. The van der Waals surface area contributed by atoms with E-state index in [1.165, 1.54) is 0 Å². The van der Waals surface area contributed by atoms with Crippen LogP contribution in [0.2, 0.25) is 0 Å². The van der Waals surface area contributed by atoms with E-state index in [9.17, 15) is 4.79 Å². The molecule has 0 saturated heterocycles. The molecule has 0 aliphatic heterocycles. The van der Waals surface area contributed by atoms with Gasteiger partial charge in [-0.05, 0) is 12.5 Å². The van der Waals surface area contributed by atoms with E-state index in [0.717, 1.165) is 5.56 Å². The summed E-state index contributed by atoms with van der Waals surface area (Å²) in [6, 6.07) is 9.47. The highest BCUT2D eigenvalue weighted by molar-refractivity contribution is 5.72. The van der Waals surface area contributed by atoms with E-state index in [0.29, 0.717) is 6.54 Å². The quantitative estimate of drug-likeness (QED) is 0.611. The minimum Gasteiger partial charge on any atom is -0.461 e. The number of nitrogens with one attached hydrogen (secondary N) is 1. The third-order valence-electron chi connectivity index (χ3n) is 3.16. The Morgan fingerprint density at radius 1 is 1.30 bits per heavy atom. The van der Waals surface area contributed by atoms with Crippen molar-refractivity contribution >= 4 is 5.97 Å². The van der Waals surface area contributed by atoms with Crippen LogP contribution >= 0.6 is 0 Å². The van der Waals surface area contributed by atoms with E-state index in [2.05, 4.69) is 5.32 Å². The molecule has 1 aromatic carbocycles. The van der Waals surface area contributed by atoms with Crippen LogP contribution in [0.15, 0.2) is 30.3 Å². The lowest BCUT2D eigenvalue weighted by atomic mass is 10.0. The van der Waals surface area contributed by atoms with Crippen molar-refractivity contribution in [3.05, 3.63) is 35.9 Å². The van der Waals surface area contributed by atoms with Crippen molar-refractivity contribution in [1.82, 2.24) is 5.32 Å². The molecule has 0 fully saturated rings. The predicted molar refractivity (Wildman–Crippen MR) is 76.0 cm³/mol. The van der Waals surface area contributed by atoms with E-state index in [1.807, 2.05) is 30.3 Å². The van der Waals surface area contributed by atoms with E-state index >= 15 is 0 Å². The monoisotopic (exact) mass is 281 g/mol. The van der Waals surface area contributed by atoms with Crippen molar-refractivity contribution in [2.75, 3.05) is 19.8 Å². The van der Waals surface area contributed by atoms with E-state index in [1.54, 1.807) is 13.8 Å². The Balaban J connectivity index is 2.36. The standard InChI is InChI=1S/C15H23NO4/c1-12(8-16-15(2,10-17)11-18)14(19)20-9-13-6-4-3-5-7-13/h3-7,12,16-18H,8-11H2,1-2H3. The highest BCUT2D eigenvalue weighted by atomic mass is 16.5. The van der Waals surface area contributed by atoms with Crippen LogP contribution in [0.1, 0.15) is 19.4 Å². The molecule has 5 nitrogen and oxygen atoms in total. The summed E-state index contributed by atoms with van der Waals surface area (Å²) in [6.45, 7) is 3.63. The summed E-state index contributed by atoms with van der Waals surface area (Å²) >= 11 is 0. The van der Waals surface area contributed by atoms with Gasteiger partial charge in [0.15, 0.2) is 0 Å². The van der Waals surface area contributed by atoms with Gasteiger partial charge in [0.05, 0.1) is 24.7 Å². The summed E-state index contributed by atoms with van der Waals surface area (Å²) < 4.78 is 5.22. The van der Waals surface area contributed by atoms with Gasteiger partial charge in [-0.25, -0.2) is 0 Å². The average molecular weight is 281 g/mol. The van der Waals surface area contributed by atoms with Crippen LogP contribution in [0.3, 0.4) is 0 Å². The van der Waals surface area contributed by atoms with E-state index in [-0.39, 0.29) is 31.7 Å². The maximum atomic E-state index is 11.8. The van der Waals surface area contributed by atoms with Crippen molar-refractivity contribution in [3.63, 3.8) is 0 Å². The molecule has 0 aliphatic rings. The van der Waals surface area contributed by atoms with Gasteiger partial charge in [-0.2, -0.15) is 0 Å². The second-order valence-electron chi connectivity index (χ2n) is 5.25. The van der Waals surface area contributed by atoms with Crippen LogP contribution < -0.4 is 5.32 Å². The van der Waals surface area contributed by atoms with Gasteiger partial charge in [0.25, 0.3) is 0 Å². The lowest BCUT2D eigenvalue weighted by molar-refractivity contribution is -0.149. The molecular formula is C15H23NO4. The van der Waals surface area contributed by atoms with Gasteiger partial charge >= 0.3 is 5.97 Å². The molecule has 0 heterocycles. The number of hydrogen-bond acceptors (Lipinski definition) is 5. The number of ether oxygens (including phenoxy) is 1. The number of aliphatic hydroxyl groups is 2. The number of carbonyl (C=O) groups excluding carboxylic acids is 1. The first kappa shape index (κ1) is 16.6. The average Bonchev–Trinajstić information content (AvgIpc) is 2.50. The summed E-state index contributed by atoms with van der Waals surface area (Å²) in [5, 5.41) is 21.3. The molecule has 1 unspecified atom stereocenters.